The maximum absolute atomic E-state index is 12.9. The van der Waals surface area contributed by atoms with E-state index >= 15 is 0 Å². The molecule has 8 nitrogen and oxygen atoms in total. The van der Waals surface area contributed by atoms with Gasteiger partial charge in [-0.05, 0) is 38.7 Å². The van der Waals surface area contributed by atoms with E-state index in [1.54, 1.807) is 11.9 Å². The van der Waals surface area contributed by atoms with Gasteiger partial charge in [-0.15, -0.1) is 0 Å². The van der Waals surface area contributed by atoms with Gasteiger partial charge in [-0.2, -0.15) is 5.10 Å². The Morgan fingerprint density at radius 2 is 1.93 bits per heavy atom. The van der Waals surface area contributed by atoms with Crippen LogP contribution >= 0.6 is 0 Å². The fourth-order valence-corrected chi connectivity index (χ4v) is 4.38. The number of urea groups is 1. The molecule has 1 N–H and O–H groups in total. The van der Waals surface area contributed by atoms with E-state index in [9.17, 15) is 14.4 Å². The van der Waals surface area contributed by atoms with E-state index in [-0.39, 0.29) is 30.3 Å². The molecule has 3 rings (SSSR count). The molecule has 2 fully saturated rings. The largest absolute Gasteiger partial charge is 0.354 e. The van der Waals surface area contributed by atoms with Gasteiger partial charge in [-0.1, -0.05) is 26.2 Å². The summed E-state index contributed by atoms with van der Waals surface area (Å²) >= 11 is 0. The minimum atomic E-state index is -0.738. The van der Waals surface area contributed by atoms with Crippen molar-refractivity contribution in [3.05, 3.63) is 17.5 Å². The summed E-state index contributed by atoms with van der Waals surface area (Å²) in [6.07, 6.45) is 4.34. The molecule has 0 aromatic carbocycles. The number of carbonyl (C=O) groups excluding carboxylic acids is 3. The molecular weight excluding hydrogens is 358 g/mol. The van der Waals surface area contributed by atoms with Crippen molar-refractivity contribution in [2.75, 3.05) is 20.1 Å². The van der Waals surface area contributed by atoms with Gasteiger partial charge in [0.25, 0.3) is 5.91 Å². The van der Waals surface area contributed by atoms with Crippen LogP contribution in [0.3, 0.4) is 0 Å². The Bertz CT molecular complexity index is 766. The molecule has 0 bridgehead atoms. The number of hydrogen-bond acceptors (Lipinski definition) is 4. The van der Waals surface area contributed by atoms with Crippen LogP contribution in [-0.4, -0.2) is 63.1 Å². The lowest BCUT2D eigenvalue weighted by Crippen LogP contribution is -2.49. The van der Waals surface area contributed by atoms with Crippen molar-refractivity contribution in [3.8, 4) is 0 Å². The number of likely N-dealkylation sites (N-methyl/N-ethyl adjacent to an activating group) is 1. The van der Waals surface area contributed by atoms with Gasteiger partial charge in [0.05, 0.1) is 5.69 Å². The first kappa shape index (κ1) is 20.4. The molecule has 1 unspecified atom stereocenters. The van der Waals surface area contributed by atoms with Gasteiger partial charge < -0.3 is 10.2 Å². The molecule has 0 radical (unpaired) electrons. The highest BCUT2D eigenvalue weighted by Crippen LogP contribution is 2.39. The highest BCUT2D eigenvalue weighted by Gasteiger charge is 2.55. The number of amides is 4. The second-order valence-corrected chi connectivity index (χ2v) is 8.34. The first-order chi connectivity index (χ1) is 13.2. The maximum atomic E-state index is 12.9. The molecule has 1 aliphatic carbocycles. The molecule has 2 aliphatic rings. The Labute approximate surface area is 166 Å². The molecule has 1 aromatic rings. The molecule has 1 spiro atoms. The summed E-state index contributed by atoms with van der Waals surface area (Å²) in [5.74, 6) is -0.340. The number of rotatable bonds is 6. The Morgan fingerprint density at radius 3 is 2.54 bits per heavy atom. The third-order valence-corrected chi connectivity index (χ3v) is 6.02. The zero-order valence-electron chi connectivity index (χ0n) is 17.3. The fraction of sp³-hybridized carbons (Fsp3) is 0.700. The fourth-order valence-electron chi connectivity index (χ4n) is 4.38. The lowest BCUT2D eigenvalue weighted by Gasteiger charge is -2.35. The maximum Gasteiger partial charge on any atom is 0.327 e. The summed E-state index contributed by atoms with van der Waals surface area (Å²) in [5, 5.41) is 7.30. The molecule has 1 saturated carbocycles. The van der Waals surface area contributed by atoms with E-state index in [0.717, 1.165) is 35.6 Å². The zero-order valence-corrected chi connectivity index (χ0v) is 17.3. The number of carbonyl (C=O) groups is 3. The van der Waals surface area contributed by atoms with Crippen LogP contribution in [-0.2, 0) is 16.1 Å². The molecule has 1 aliphatic heterocycles. The van der Waals surface area contributed by atoms with Gasteiger partial charge in [0.1, 0.15) is 12.1 Å². The summed E-state index contributed by atoms with van der Waals surface area (Å²) in [7, 11) is 1.68. The van der Waals surface area contributed by atoms with Crippen LogP contribution in [0.2, 0.25) is 0 Å². The summed E-state index contributed by atoms with van der Waals surface area (Å²) in [5.41, 5.74) is 1.32. The number of nitrogens with one attached hydrogen (secondary N) is 1. The van der Waals surface area contributed by atoms with Crippen LogP contribution in [0, 0.1) is 19.8 Å². The Hall–Kier alpha value is -2.38. The monoisotopic (exact) mass is 389 g/mol. The normalized spacial score (nSPS) is 20.1. The van der Waals surface area contributed by atoms with Gasteiger partial charge >= 0.3 is 6.03 Å². The summed E-state index contributed by atoms with van der Waals surface area (Å²) in [6, 6.07) is 1.66. The van der Waals surface area contributed by atoms with Crippen molar-refractivity contribution in [2.45, 2.75) is 65.0 Å². The lowest BCUT2D eigenvalue weighted by molar-refractivity contribution is -0.137. The first-order valence-electron chi connectivity index (χ1n) is 10.1. The Kier molecular flexibility index (Phi) is 5.76. The van der Waals surface area contributed by atoms with Gasteiger partial charge in [0.2, 0.25) is 5.91 Å². The third-order valence-electron chi connectivity index (χ3n) is 6.02. The van der Waals surface area contributed by atoms with E-state index in [0.29, 0.717) is 25.9 Å². The minimum Gasteiger partial charge on any atom is -0.354 e. The average molecular weight is 390 g/mol. The summed E-state index contributed by atoms with van der Waals surface area (Å²) < 4.78 is 1.93. The first-order valence-corrected chi connectivity index (χ1v) is 10.1. The van der Waals surface area contributed by atoms with Crippen molar-refractivity contribution in [1.82, 2.24) is 24.9 Å². The Balaban J connectivity index is 1.53. The minimum absolute atomic E-state index is 0.180. The zero-order chi connectivity index (χ0) is 20.5. The molecule has 1 saturated heterocycles. The molecular formula is C20H31N5O3. The molecule has 1 atom stereocenters. The molecule has 154 valence electrons. The van der Waals surface area contributed by atoms with Gasteiger partial charge in [0.15, 0.2) is 0 Å². The van der Waals surface area contributed by atoms with E-state index < -0.39 is 5.54 Å². The molecule has 1 aromatic heterocycles. The summed E-state index contributed by atoms with van der Waals surface area (Å²) in [6.45, 7) is 6.95. The number of aromatic nitrogens is 2. The predicted octanol–water partition coefficient (Wildman–Crippen LogP) is 1.85. The highest BCUT2D eigenvalue weighted by atomic mass is 16.2. The van der Waals surface area contributed by atoms with Gasteiger partial charge in [-0.3, -0.25) is 19.2 Å². The van der Waals surface area contributed by atoms with E-state index in [4.69, 9.17) is 0 Å². The topological polar surface area (TPSA) is 87.5 Å². The Morgan fingerprint density at radius 1 is 1.25 bits per heavy atom. The van der Waals surface area contributed by atoms with Crippen LogP contribution in [0.25, 0.3) is 0 Å². The molecule has 8 heteroatoms. The predicted molar refractivity (Wildman–Crippen MR) is 105 cm³/mol. The number of hydrogen-bond donors (Lipinski definition) is 1. The van der Waals surface area contributed by atoms with E-state index in [1.807, 2.05) is 31.5 Å². The van der Waals surface area contributed by atoms with Crippen LogP contribution in [0.15, 0.2) is 6.07 Å². The van der Waals surface area contributed by atoms with Crippen molar-refractivity contribution in [1.29, 1.82) is 0 Å². The van der Waals surface area contributed by atoms with E-state index in [2.05, 4.69) is 10.4 Å². The second kappa shape index (κ2) is 7.93. The van der Waals surface area contributed by atoms with Crippen molar-refractivity contribution in [3.63, 3.8) is 0 Å². The van der Waals surface area contributed by atoms with Crippen molar-refractivity contribution >= 4 is 17.8 Å². The average Bonchev–Trinajstić information content (AvgIpc) is 3.06. The molecule has 2 heterocycles. The van der Waals surface area contributed by atoms with Gasteiger partial charge in [0, 0.05) is 25.8 Å². The van der Waals surface area contributed by atoms with Crippen molar-refractivity contribution < 1.29 is 14.4 Å². The van der Waals surface area contributed by atoms with Crippen molar-refractivity contribution in [2.24, 2.45) is 5.92 Å². The lowest BCUT2D eigenvalue weighted by atomic mass is 9.81. The summed E-state index contributed by atoms with van der Waals surface area (Å²) in [4.78, 5) is 40.6. The SMILES string of the molecule is Cc1cc(C)n(CC(C)CNC(=O)CN2C(=O)N(C)C3(CCCCC3)C2=O)n1. The van der Waals surface area contributed by atoms with Crippen LogP contribution < -0.4 is 5.32 Å². The third kappa shape index (κ3) is 3.77. The molecule has 28 heavy (non-hydrogen) atoms. The van der Waals surface area contributed by atoms with Gasteiger partial charge in [-0.25, -0.2) is 4.79 Å². The quantitative estimate of drug-likeness (QED) is 0.752. The number of nitrogens with zero attached hydrogens (tertiary/aromatic N) is 4. The van der Waals surface area contributed by atoms with Crippen LogP contribution in [0.5, 0.6) is 0 Å². The number of imide groups is 1. The molecule has 4 amide bonds. The van der Waals surface area contributed by atoms with Crippen LogP contribution in [0.1, 0.15) is 50.4 Å². The van der Waals surface area contributed by atoms with Crippen LogP contribution in [0.4, 0.5) is 4.79 Å². The van der Waals surface area contributed by atoms with E-state index in [1.165, 1.54) is 0 Å². The number of aryl methyl sites for hydroxylation is 2. The standard InChI is InChI=1S/C20H31N5O3/c1-14(12-25-16(3)10-15(2)22-25)11-21-17(26)13-24-18(27)20(23(4)19(24)28)8-6-5-7-9-20/h10,14H,5-9,11-13H2,1-4H3,(H,21,26). The highest BCUT2D eigenvalue weighted by molar-refractivity contribution is 6.08. The smallest absolute Gasteiger partial charge is 0.327 e. The second-order valence-electron chi connectivity index (χ2n) is 8.34.